The predicted octanol–water partition coefficient (Wildman–Crippen LogP) is 3.98. The lowest BCUT2D eigenvalue weighted by molar-refractivity contribution is 0.961. The molecule has 0 spiro atoms. The Balaban J connectivity index is 1.75. The molecule has 2 aromatic carbocycles. The van der Waals surface area contributed by atoms with Crippen LogP contribution in [0, 0.1) is 23.7 Å². The number of nitrogens with zero attached hydrogens (tertiary/aromatic N) is 2. The van der Waals surface area contributed by atoms with E-state index in [1.807, 2.05) is 60.7 Å². The van der Waals surface area contributed by atoms with E-state index in [-0.39, 0.29) is 11.9 Å². The molecule has 0 saturated heterocycles. The number of guanidine groups is 2. The van der Waals surface area contributed by atoms with Crippen molar-refractivity contribution in [3.05, 3.63) is 109 Å². The molecule has 0 radical (unpaired) electrons. The molecule has 2 aromatic rings. The lowest BCUT2D eigenvalue weighted by Crippen LogP contribution is -2.23. The minimum absolute atomic E-state index is 0.0822. The van der Waals surface area contributed by atoms with Gasteiger partial charge in [-0.1, -0.05) is 61.6 Å². The molecule has 0 fully saturated rings. The van der Waals surface area contributed by atoms with Gasteiger partial charge in [0.1, 0.15) is 0 Å². The van der Waals surface area contributed by atoms with Crippen LogP contribution >= 0.6 is 31.9 Å². The summed E-state index contributed by atoms with van der Waals surface area (Å²) in [5.41, 5.74) is 30.4. The van der Waals surface area contributed by atoms with E-state index >= 15 is 0 Å². The summed E-state index contributed by atoms with van der Waals surface area (Å²) in [5, 5.41) is 0. The number of rotatable bonds is 6. The summed E-state index contributed by atoms with van der Waals surface area (Å²) in [6.07, 6.45) is 7.20. The van der Waals surface area contributed by atoms with Gasteiger partial charge in [0.25, 0.3) is 0 Å². The van der Waals surface area contributed by atoms with Crippen LogP contribution in [0.3, 0.4) is 0 Å². The normalized spacial score (nSPS) is 11.9. The van der Waals surface area contributed by atoms with Crippen molar-refractivity contribution in [1.82, 2.24) is 0 Å². The van der Waals surface area contributed by atoms with Crippen molar-refractivity contribution in [2.24, 2.45) is 32.9 Å². The van der Waals surface area contributed by atoms with Crippen LogP contribution in [0.2, 0.25) is 0 Å². The van der Waals surface area contributed by atoms with E-state index in [1.54, 1.807) is 0 Å². The van der Waals surface area contributed by atoms with Gasteiger partial charge < -0.3 is 22.9 Å². The van der Waals surface area contributed by atoms with Crippen molar-refractivity contribution < 1.29 is 0 Å². The van der Waals surface area contributed by atoms with Crippen LogP contribution in [-0.4, -0.2) is 25.0 Å². The zero-order chi connectivity index (χ0) is 26.6. The van der Waals surface area contributed by atoms with Crippen LogP contribution in [-0.2, 0) is 6.42 Å². The van der Waals surface area contributed by atoms with Crippen LogP contribution in [0.1, 0.15) is 28.7 Å². The molecule has 0 saturated carbocycles. The Hall–Kier alpha value is -3.94. The highest BCUT2D eigenvalue weighted by atomic mass is 79.9. The van der Waals surface area contributed by atoms with Gasteiger partial charge in [-0.2, -0.15) is 0 Å². The molecule has 0 aliphatic heterocycles. The van der Waals surface area contributed by atoms with E-state index in [2.05, 4.69) is 71.3 Å². The molecule has 0 atom stereocenters. The minimum Gasteiger partial charge on any atom is -0.370 e. The maximum Gasteiger partial charge on any atom is 0.185 e. The average molecular weight is 618 g/mol. The molecular weight excluding hydrogens is 592 g/mol. The highest BCUT2D eigenvalue weighted by Gasteiger charge is 2.01. The second kappa shape index (κ2) is 14.0. The van der Waals surface area contributed by atoms with Gasteiger partial charge in [0.2, 0.25) is 0 Å². The van der Waals surface area contributed by atoms with Crippen molar-refractivity contribution in [1.29, 1.82) is 0 Å². The Morgan fingerprint density at radius 3 is 2.11 bits per heavy atom. The second-order valence-corrected chi connectivity index (χ2v) is 9.82. The van der Waals surface area contributed by atoms with E-state index in [1.165, 1.54) is 0 Å². The van der Waals surface area contributed by atoms with Crippen molar-refractivity contribution in [2.75, 3.05) is 13.1 Å². The fraction of sp³-hybridized carbons (Fsp3) is 0.138. The molecule has 8 heteroatoms. The first-order chi connectivity index (χ1) is 17.8. The first kappa shape index (κ1) is 27.6. The number of nitrogens with two attached hydrogens (primary N) is 4. The summed E-state index contributed by atoms with van der Waals surface area (Å²) >= 11 is 7.11. The molecule has 1 aliphatic rings. The molecule has 186 valence electrons. The van der Waals surface area contributed by atoms with Crippen molar-refractivity contribution in [3.63, 3.8) is 0 Å². The maximum atomic E-state index is 5.41. The monoisotopic (exact) mass is 616 g/mol. The van der Waals surface area contributed by atoms with Gasteiger partial charge >= 0.3 is 0 Å². The van der Waals surface area contributed by atoms with E-state index in [4.69, 9.17) is 22.9 Å². The zero-order valence-corrected chi connectivity index (χ0v) is 23.2. The fourth-order valence-corrected chi connectivity index (χ4v) is 4.34. The first-order valence-electron chi connectivity index (χ1n) is 11.4. The molecule has 1 aliphatic carbocycles. The van der Waals surface area contributed by atoms with Crippen molar-refractivity contribution in [3.8, 4) is 23.7 Å². The largest absolute Gasteiger partial charge is 0.370 e. The molecule has 0 unspecified atom stereocenters. The molecule has 8 N–H and O–H groups in total. The third-order valence-corrected chi connectivity index (χ3v) is 5.83. The van der Waals surface area contributed by atoms with Crippen molar-refractivity contribution in [2.45, 2.75) is 12.8 Å². The van der Waals surface area contributed by atoms with Crippen LogP contribution in [0.15, 0.2) is 96.5 Å². The summed E-state index contributed by atoms with van der Waals surface area (Å²) < 4.78 is 1.86. The van der Waals surface area contributed by atoms with E-state index in [9.17, 15) is 0 Å². The lowest BCUT2D eigenvalue weighted by atomic mass is 10.1. The standard InChI is InChI=1S/C29H26Br2N6/c30-26-16-22(6-7-23(17-26)10-12-36-28(32)33)5-4-20-2-1-3-21(14-20)8-9-24-15-25(19-27(31)18-24)11-13-37-29(34)35/h1-3,6,14-19H,10-13H2,(H4,32,33,36)(H4,34,35,37). The first-order valence-corrected chi connectivity index (χ1v) is 12.9. The third kappa shape index (κ3) is 10.3. The summed E-state index contributed by atoms with van der Waals surface area (Å²) in [7, 11) is 0. The van der Waals surface area contributed by atoms with Gasteiger partial charge in [-0.05, 0) is 78.6 Å². The van der Waals surface area contributed by atoms with Gasteiger partial charge in [-0.25, -0.2) is 0 Å². The smallest absolute Gasteiger partial charge is 0.185 e. The van der Waals surface area contributed by atoms with Gasteiger partial charge in [0.05, 0.1) is 0 Å². The zero-order valence-electron chi connectivity index (χ0n) is 20.1. The Kier molecular flexibility index (Phi) is 10.4. The summed E-state index contributed by atoms with van der Waals surface area (Å²) in [5.74, 6) is 13.1. The Bertz CT molecular complexity index is 1480. The third-order valence-electron chi connectivity index (χ3n) is 4.91. The number of aliphatic imine (C=N–C) groups is 2. The Labute approximate surface area is 234 Å². The molecule has 0 heterocycles. The Morgan fingerprint density at radius 2 is 1.41 bits per heavy atom. The minimum atomic E-state index is 0.0822. The SMILES string of the molecule is NC(N)=NCCC1=C=CC(C#Cc2cccc(C#Cc3cc(Br)cc(CCN=C(N)N)c3)c2)=CC(Br)=C1. The number of benzene rings is 2. The average Bonchev–Trinajstić information content (AvgIpc) is 3.01. The lowest BCUT2D eigenvalue weighted by Gasteiger charge is -2.02. The molecule has 37 heavy (non-hydrogen) atoms. The van der Waals surface area contributed by atoms with Gasteiger partial charge in [0.15, 0.2) is 11.9 Å². The fourth-order valence-electron chi connectivity index (χ4n) is 3.28. The molecule has 3 rings (SSSR count). The Morgan fingerprint density at radius 1 is 0.757 bits per heavy atom. The van der Waals surface area contributed by atoms with Crippen LogP contribution < -0.4 is 22.9 Å². The van der Waals surface area contributed by atoms with Gasteiger partial charge in [-0.3, -0.25) is 9.98 Å². The highest BCUT2D eigenvalue weighted by Crippen LogP contribution is 2.19. The highest BCUT2D eigenvalue weighted by molar-refractivity contribution is 9.12. The molecule has 0 amide bonds. The molecule has 6 nitrogen and oxygen atoms in total. The number of allylic oxidation sites excluding steroid dienone is 4. The molecule has 0 aromatic heterocycles. The summed E-state index contributed by atoms with van der Waals surface area (Å²) in [6, 6.07) is 13.9. The second-order valence-electron chi connectivity index (χ2n) is 7.98. The summed E-state index contributed by atoms with van der Waals surface area (Å²) in [4.78, 5) is 8.06. The molecule has 0 bridgehead atoms. The molecular formula is C29H26Br2N6. The number of hydrogen-bond acceptors (Lipinski definition) is 2. The van der Waals surface area contributed by atoms with Gasteiger partial charge in [-0.15, -0.1) is 5.73 Å². The van der Waals surface area contributed by atoms with Crippen molar-refractivity contribution >= 4 is 43.8 Å². The predicted molar refractivity (Wildman–Crippen MR) is 160 cm³/mol. The summed E-state index contributed by atoms with van der Waals surface area (Å²) in [6.45, 7) is 1.03. The van der Waals surface area contributed by atoms with Gasteiger partial charge in [0, 0.05) is 44.3 Å². The van der Waals surface area contributed by atoms with Crippen LogP contribution in [0.25, 0.3) is 0 Å². The maximum absolute atomic E-state index is 5.41. The van der Waals surface area contributed by atoms with Crippen LogP contribution in [0.5, 0.6) is 0 Å². The van der Waals surface area contributed by atoms with E-state index in [0.717, 1.165) is 48.8 Å². The van der Waals surface area contributed by atoms with Crippen LogP contribution in [0.4, 0.5) is 0 Å². The quantitative estimate of drug-likeness (QED) is 0.169. The topological polar surface area (TPSA) is 129 Å². The van der Waals surface area contributed by atoms with E-state index < -0.39 is 0 Å². The number of hydrogen-bond donors (Lipinski definition) is 4. The van der Waals surface area contributed by atoms with E-state index in [0.29, 0.717) is 19.5 Å². The number of halogens is 2.